The molecule has 0 unspecified atom stereocenters. The molecule has 1 aromatic heterocycles. The van der Waals surface area contributed by atoms with Gasteiger partial charge in [-0.2, -0.15) is 0 Å². The summed E-state index contributed by atoms with van der Waals surface area (Å²) in [6, 6.07) is 20.8. The number of nitrogens with zero attached hydrogens (tertiary/aromatic N) is 1. The van der Waals surface area contributed by atoms with Crippen LogP contribution in [0.5, 0.6) is 0 Å². The fourth-order valence-electron chi connectivity index (χ4n) is 4.37. The number of hydrogen-bond acceptors (Lipinski definition) is 4. The van der Waals surface area contributed by atoms with Crippen molar-refractivity contribution in [2.45, 2.75) is 18.6 Å². The molecule has 0 atom stereocenters. The SMILES string of the molecule is O=C(Nc1ccc2c(c1)oc1ccccc12)C1CCN(S(=O)(=O)Cc2cccc(Br)c2)CC1. The van der Waals surface area contributed by atoms with Gasteiger partial charge in [0, 0.05) is 46.0 Å². The Balaban J connectivity index is 1.22. The van der Waals surface area contributed by atoms with Crippen LogP contribution in [0, 0.1) is 5.92 Å². The van der Waals surface area contributed by atoms with E-state index in [4.69, 9.17) is 4.42 Å². The number of para-hydroxylation sites is 1. The van der Waals surface area contributed by atoms with Crippen LogP contribution in [-0.2, 0) is 20.6 Å². The van der Waals surface area contributed by atoms with Gasteiger partial charge in [-0.15, -0.1) is 0 Å². The minimum Gasteiger partial charge on any atom is -0.456 e. The van der Waals surface area contributed by atoms with Crippen LogP contribution in [0.15, 0.2) is 75.6 Å². The van der Waals surface area contributed by atoms with Crippen molar-refractivity contribution < 1.29 is 17.6 Å². The molecule has 3 aromatic carbocycles. The number of furan rings is 1. The van der Waals surface area contributed by atoms with Crippen LogP contribution in [0.2, 0.25) is 0 Å². The number of nitrogens with one attached hydrogen (secondary N) is 1. The first-order valence-corrected chi connectivity index (χ1v) is 13.2. The molecule has 0 aliphatic carbocycles. The number of fused-ring (bicyclic) bond motifs is 3. The minimum atomic E-state index is -3.43. The summed E-state index contributed by atoms with van der Waals surface area (Å²) in [6.45, 7) is 0.689. The van der Waals surface area contributed by atoms with Gasteiger partial charge in [0.25, 0.3) is 0 Å². The first kappa shape index (κ1) is 22.1. The molecule has 5 rings (SSSR count). The second-order valence-electron chi connectivity index (χ2n) is 8.36. The number of anilines is 1. The van der Waals surface area contributed by atoms with Crippen molar-refractivity contribution >= 4 is 59.5 Å². The number of hydrogen-bond donors (Lipinski definition) is 1. The lowest BCUT2D eigenvalue weighted by molar-refractivity contribution is -0.120. The van der Waals surface area contributed by atoms with Gasteiger partial charge in [-0.05, 0) is 48.7 Å². The molecule has 170 valence electrons. The van der Waals surface area contributed by atoms with Gasteiger partial charge in [0.1, 0.15) is 11.2 Å². The zero-order valence-corrected chi connectivity index (χ0v) is 20.2. The number of halogens is 1. The molecule has 1 aliphatic heterocycles. The summed E-state index contributed by atoms with van der Waals surface area (Å²) in [4.78, 5) is 12.8. The zero-order valence-electron chi connectivity index (χ0n) is 17.8. The highest BCUT2D eigenvalue weighted by Gasteiger charge is 2.31. The van der Waals surface area contributed by atoms with E-state index in [2.05, 4.69) is 21.2 Å². The van der Waals surface area contributed by atoms with Crippen molar-refractivity contribution in [1.82, 2.24) is 4.31 Å². The number of carbonyl (C=O) groups excluding carboxylic acids is 1. The number of amides is 1. The average Bonchev–Trinajstić information content (AvgIpc) is 3.16. The molecule has 6 nitrogen and oxygen atoms in total. The number of sulfonamides is 1. The Morgan fingerprint density at radius 1 is 0.970 bits per heavy atom. The van der Waals surface area contributed by atoms with Crippen LogP contribution in [0.4, 0.5) is 5.69 Å². The number of rotatable bonds is 5. The van der Waals surface area contributed by atoms with E-state index >= 15 is 0 Å². The summed E-state index contributed by atoms with van der Waals surface area (Å²) < 4.78 is 33.9. The first-order valence-electron chi connectivity index (χ1n) is 10.8. The molecule has 1 saturated heterocycles. The van der Waals surface area contributed by atoms with Crippen LogP contribution in [0.25, 0.3) is 21.9 Å². The molecule has 1 N–H and O–H groups in total. The van der Waals surface area contributed by atoms with E-state index in [9.17, 15) is 13.2 Å². The van der Waals surface area contributed by atoms with Crippen LogP contribution >= 0.6 is 15.9 Å². The van der Waals surface area contributed by atoms with Crippen LogP contribution < -0.4 is 5.32 Å². The van der Waals surface area contributed by atoms with E-state index in [1.807, 2.05) is 60.7 Å². The van der Waals surface area contributed by atoms with Gasteiger partial charge in [-0.1, -0.05) is 46.3 Å². The lowest BCUT2D eigenvalue weighted by Crippen LogP contribution is -2.41. The van der Waals surface area contributed by atoms with E-state index in [1.54, 1.807) is 6.07 Å². The Bertz CT molecular complexity index is 1440. The Morgan fingerprint density at radius 3 is 2.52 bits per heavy atom. The number of benzene rings is 3. The smallest absolute Gasteiger partial charge is 0.227 e. The molecule has 4 aromatic rings. The number of carbonyl (C=O) groups is 1. The third-order valence-electron chi connectivity index (χ3n) is 6.10. The Hall–Kier alpha value is -2.68. The summed E-state index contributed by atoms with van der Waals surface area (Å²) in [5, 5.41) is 5.03. The highest BCUT2D eigenvalue weighted by Crippen LogP contribution is 2.31. The molecule has 0 radical (unpaired) electrons. The summed E-state index contributed by atoms with van der Waals surface area (Å²) in [5.74, 6) is -0.357. The summed E-state index contributed by atoms with van der Waals surface area (Å²) >= 11 is 3.38. The van der Waals surface area contributed by atoms with E-state index in [1.165, 1.54) is 4.31 Å². The highest BCUT2D eigenvalue weighted by molar-refractivity contribution is 9.10. The first-order chi connectivity index (χ1) is 15.9. The van der Waals surface area contributed by atoms with E-state index in [0.29, 0.717) is 31.6 Å². The monoisotopic (exact) mass is 526 g/mol. The Kier molecular flexibility index (Phi) is 5.99. The summed E-state index contributed by atoms with van der Waals surface area (Å²) in [7, 11) is -3.43. The van der Waals surface area contributed by atoms with Gasteiger partial charge >= 0.3 is 0 Å². The molecular weight excluding hydrogens is 504 g/mol. The highest BCUT2D eigenvalue weighted by atomic mass is 79.9. The fourth-order valence-corrected chi connectivity index (χ4v) is 6.37. The molecular formula is C25H23BrN2O4S. The van der Waals surface area contributed by atoms with E-state index < -0.39 is 10.0 Å². The van der Waals surface area contributed by atoms with E-state index in [0.717, 1.165) is 32.0 Å². The molecule has 0 saturated carbocycles. The second-order valence-corrected chi connectivity index (χ2v) is 11.2. The molecule has 1 fully saturated rings. The van der Waals surface area contributed by atoms with Gasteiger partial charge in [0.05, 0.1) is 5.75 Å². The Labute approximate surface area is 200 Å². The average molecular weight is 527 g/mol. The third kappa shape index (κ3) is 4.69. The van der Waals surface area contributed by atoms with Crippen molar-refractivity contribution in [3.63, 3.8) is 0 Å². The predicted octanol–water partition coefficient (Wildman–Crippen LogP) is 5.53. The second kappa shape index (κ2) is 8.93. The molecule has 2 heterocycles. The largest absolute Gasteiger partial charge is 0.456 e. The standard InChI is InChI=1S/C25H23BrN2O4S/c26-19-5-3-4-17(14-19)16-33(30,31)28-12-10-18(11-13-28)25(29)27-20-8-9-22-21-6-1-2-7-23(21)32-24(22)15-20/h1-9,14-15,18H,10-13,16H2,(H,27,29). The lowest BCUT2D eigenvalue weighted by Gasteiger charge is -2.30. The predicted molar refractivity (Wildman–Crippen MR) is 133 cm³/mol. The quantitative estimate of drug-likeness (QED) is 0.370. The number of piperidine rings is 1. The van der Waals surface area contributed by atoms with Crippen molar-refractivity contribution in [2.24, 2.45) is 5.92 Å². The zero-order chi connectivity index (χ0) is 23.0. The molecule has 0 spiro atoms. The van der Waals surface area contributed by atoms with Gasteiger partial charge < -0.3 is 9.73 Å². The van der Waals surface area contributed by atoms with Crippen molar-refractivity contribution in [1.29, 1.82) is 0 Å². The van der Waals surface area contributed by atoms with Gasteiger partial charge in [0.15, 0.2) is 0 Å². The minimum absolute atomic E-state index is 0.0409. The molecule has 0 bridgehead atoms. The van der Waals surface area contributed by atoms with Crippen molar-refractivity contribution in [3.05, 3.63) is 76.8 Å². The summed E-state index contributed by atoms with van der Waals surface area (Å²) in [6.07, 6.45) is 0.993. The van der Waals surface area contributed by atoms with Crippen LogP contribution in [0.3, 0.4) is 0 Å². The molecule has 1 amide bonds. The maximum atomic E-state index is 12.8. The van der Waals surface area contributed by atoms with Crippen molar-refractivity contribution in [3.8, 4) is 0 Å². The molecule has 1 aliphatic rings. The fraction of sp³-hybridized carbons (Fsp3) is 0.240. The van der Waals surface area contributed by atoms with Crippen molar-refractivity contribution in [2.75, 3.05) is 18.4 Å². The van der Waals surface area contributed by atoms with Crippen LogP contribution in [0.1, 0.15) is 18.4 Å². The topological polar surface area (TPSA) is 79.6 Å². The Morgan fingerprint density at radius 2 is 1.73 bits per heavy atom. The third-order valence-corrected chi connectivity index (χ3v) is 8.45. The lowest BCUT2D eigenvalue weighted by atomic mass is 9.97. The normalized spacial score (nSPS) is 15.8. The van der Waals surface area contributed by atoms with Crippen LogP contribution in [-0.4, -0.2) is 31.7 Å². The van der Waals surface area contributed by atoms with Gasteiger partial charge in [0.2, 0.25) is 15.9 Å². The van der Waals surface area contributed by atoms with Gasteiger partial charge in [-0.3, -0.25) is 4.79 Å². The molecule has 33 heavy (non-hydrogen) atoms. The maximum absolute atomic E-state index is 12.8. The van der Waals surface area contributed by atoms with E-state index in [-0.39, 0.29) is 17.6 Å². The molecule has 8 heteroatoms. The summed E-state index contributed by atoms with van der Waals surface area (Å²) in [5.41, 5.74) is 2.95. The van der Waals surface area contributed by atoms with Gasteiger partial charge in [-0.25, -0.2) is 12.7 Å². The maximum Gasteiger partial charge on any atom is 0.227 e.